The molecular weight excluding hydrogens is 417 g/mol. The van der Waals surface area contributed by atoms with Crippen LogP contribution >= 0.6 is 0 Å². The molecule has 2 atom stereocenters. The number of piperidine rings is 1. The van der Waals surface area contributed by atoms with Crippen molar-refractivity contribution in [3.8, 4) is 0 Å². The van der Waals surface area contributed by atoms with E-state index >= 15 is 0 Å². The van der Waals surface area contributed by atoms with Crippen molar-refractivity contribution in [3.63, 3.8) is 0 Å². The second-order valence-corrected chi connectivity index (χ2v) is 10.5. The Morgan fingerprint density at radius 1 is 1.10 bits per heavy atom. The largest absolute Gasteiger partial charge is 0.391 e. The topological polar surface area (TPSA) is 66.5 Å². The third-order valence-electron chi connectivity index (χ3n) is 6.29. The van der Waals surface area contributed by atoms with Crippen LogP contribution in [0.15, 0.2) is 29.2 Å². The van der Waals surface area contributed by atoms with Crippen LogP contribution < -0.4 is 10.2 Å². The number of sulfone groups is 1. The molecule has 2 fully saturated rings. The summed E-state index contributed by atoms with van der Waals surface area (Å²) in [5.41, 5.74) is 0.926. The van der Waals surface area contributed by atoms with E-state index in [1.165, 1.54) is 0 Å². The standard InChI is InChI=1S/C21H29F3N2O3S/c1-2-30(28,29)19-8-6-18(7-9-19)26-12-10-17(11-13-26)25-20(27)15-4-3-5-16(14-15)21(22,23)24/h6-9,15-17H,2-5,10-14H2,1H3,(H,25,27). The van der Waals surface area contributed by atoms with E-state index in [0.717, 1.165) is 5.69 Å². The molecule has 9 heteroatoms. The molecule has 5 nitrogen and oxygen atoms in total. The van der Waals surface area contributed by atoms with Crippen LogP contribution in [-0.2, 0) is 14.6 Å². The number of carbonyl (C=O) groups is 1. The van der Waals surface area contributed by atoms with Crippen LogP contribution in [0.2, 0.25) is 0 Å². The zero-order valence-electron chi connectivity index (χ0n) is 17.1. The fourth-order valence-electron chi connectivity index (χ4n) is 4.36. The Hall–Kier alpha value is -1.77. The summed E-state index contributed by atoms with van der Waals surface area (Å²) < 4.78 is 62.8. The lowest BCUT2D eigenvalue weighted by atomic mass is 9.80. The Balaban J connectivity index is 1.50. The van der Waals surface area contributed by atoms with Crippen molar-refractivity contribution in [2.45, 2.75) is 62.6 Å². The molecule has 0 bridgehead atoms. The minimum atomic E-state index is -4.23. The number of nitrogens with one attached hydrogen (secondary N) is 1. The van der Waals surface area contributed by atoms with Gasteiger partial charge in [-0.1, -0.05) is 13.3 Å². The van der Waals surface area contributed by atoms with Crippen molar-refractivity contribution < 1.29 is 26.4 Å². The molecule has 3 rings (SSSR count). The molecule has 1 saturated heterocycles. The van der Waals surface area contributed by atoms with Crippen molar-refractivity contribution >= 4 is 21.4 Å². The molecular formula is C21H29F3N2O3S. The van der Waals surface area contributed by atoms with Gasteiger partial charge in [0.15, 0.2) is 9.84 Å². The van der Waals surface area contributed by atoms with Crippen LogP contribution in [-0.4, -0.2) is 45.4 Å². The first-order valence-corrected chi connectivity index (χ1v) is 12.2. The third kappa shape index (κ3) is 5.47. The fraction of sp³-hybridized carbons (Fsp3) is 0.667. The number of halogens is 3. The first kappa shape index (κ1) is 22.9. The number of carbonyl (C=O) groups excluding carboxylic acids is 1. The number of hydrogen-bond donors (Lipinski definition) is 1. The highest BCUT2D eigenvalue weighted by atomic mass is 32.2. The molecule has 1 aromatic rings. The summed E-state index contributed by atoms with van der Waals surface area (Å²) in [6, 6.07) is 6.77. The Labute approximate surface area is 175 Å². The van der Waals surface area contributed by atoms with E-state index in [2.05, 4.69) is 10.2 Å². The molecule has 0 radical (unpaired) electrons. The number of anilines is 1. The molecule has 1 aromatic carbocycles. The average Bonchev–Trinajstić information content (AvgIpc) is 2.74. The molecule has 168 valence electrons. The van der Waals surface area contributed by atoms with Gasteiger partial charge in [0.05, 0.1) is 16.6 Å². The zero-order valence-corrected chi connectivity index (χ0v) is 17.9. The quantitative estimate of drug-likeness (QED) is 0.744. The van der Waals surface area contributed by atoms with Gasteiger partial charge < -0.3 is 10.2 Å². The summed E-state index contributed by atoms with van der Waals surface area (Å²) in [7, 11) is -3.23. The molecule has 1 heterocycles. The summed E-state index contributed by atoms with van der Waals surface area (Å²) in [6.07, 6.45) is -1.86. The van der Waals surface area contributed by atoms with Gasteiger partial charge >= 0.3 is 6.18 Å². The van der Waals surface area contributed by atoms with Gasteiger partial charge in [-0.05, 0) is 56.4 Å². The Bertz CT molecular complexity index is 832. The molecule has 1 N–H and O–H groups in total. The van der Waals surface area contributed by atoms with Crippen molar-refractivity contribution in [1.29, 1.82) is 0 Å². The highest BCUT2D eigenvalue weighted by molar-refractivity contribution is 7.91. The maximum Gasteiger partial charge on any atom is 0.391 e. The van der Waals surface area contributed by atoms with Gasteiger partial charge in [-0.3, -0.25) is 4.79 Å². The highest BCUT2D eigenvalue weighted by Gasteiger charge is 2.43. The Morgan fingerprint density at radius 2 is 1.73 bits per heavy atom. The molecule has 2 aliphatic rings. The smallest absolute Gasteiger partial charge is 0.371 e. The summed E-state index contributed by atoms with van der Waals surface area (Å²) in [5, 5.41) is 2.96. The van der Waals surface area contributed by atoms with Gasteiger partial charge in [0.1, 0.15) is 0 Å². The number of nitrogens with zero attached hydrogens (tertiary/aromatic N) is 1. The maximum atomic E-state index is 13.0. The fourth-order valence-corrected chi connectivity index (χ4v) is 5.24. The Morgan fingerprint density at radius 3 is 2.30 bits per heavy atom. The third-order valence-corrected chi connectivity index (χ3v) is 8.04. The number of amides is 1. The van der Waals surface area contributed by atoms with Crippen molar-refractivity contribution in [3.05, 3.63) is 24.3 Å². The van der Waals surface area contributed by atoms with Crippen molar-refractivity contribution in [2.75, 3.05) is 23.7 Å². The predicted octanol–water partition coefficient (Wildman–Crippen LogP) is 3.93. The van der Waals surface area contributed by atoms with Gasteiger partial charge in [0.2, 0.25) is 5.91 Å². The molecule has 30 heavy (non-hydrogen) atoms. The van der Waals surface area contributed by atoms with E-state index in [1.54, 1.807) is 31.2 Å². The second-order valence-electron chi connectivity index (χ2n) is 8.27. The van der Waals surface area contributed by atoms with Gasteiger partial charge in [-0.25, -0.2) is 8.42 Å². The first-order valence-electron chi connectivity index (χ1n) is 10.5. The highest BCUT2D eigenvalue weighted by Crippen LogP contribution is 2.40. The van der Waals surface area contributed by atoms with Gasteiger partial charge in [0.25, 0.3) is 0 Å². The van der Waals surface area contributed by atoms with E-state index < -0.39 is 27.8 Å². The first-order chi connectivity index (χ1) is 14.1. The lowest BCUT2D eigenvalue weighted by Gasteiger charge is -2.35. The van der Waals surface area contributed by atoms with Crippen LogP contribution in [0, 0.1) is 11.8 Å². The number of hydrogen-bond acceptors (Lipinski definition) is 4. The monoisotopic (exact) mass is 446 g/mol. The van der Waals surface area contributed by atoms with E-state index in [9.17, 15) is 26.4 Å². The predicted molar refractivity (Wildman–Crippen MR) is 109 cm³/mol. The van der Waals surface area contributed by atoms with Crippen LogP contribution in [0.5, 0.6) is 0 Å². The zero-order chi connectivity index (χ0) is 21.9. The summed E-state index contributed by atoms with van der Waals surface area (Å²) >= 11 is 0. The second kappa shape index (κ2) is 9.16. The molecule has 1 aliphatic carbocycles. The minimum absolute atomic E-state index is 0.0419. The van der Waals surface area contributed by atoms with E-state index in [-0.39, 0.29) is 30.5 Å². The van der Waals surface area contributed by atoms with Crippen LogP contribution in [0.3, 0.4) is 0 Å². The lowest BCUT2D eigenvalue weighted by molar-refractivity contribution is -0.186. The van der Waals surface area contributed by atoms with Gasteiger partial charge in [0, 0.05) is 30.7 Å². The number of rotatable bonds is 5. The minimum Gasteiger partial charge on any atom is -0.371 e. The van der Waals surface area contributed by atoms with Gasteiger partial charge in [-0.2, -0.15) is 13.2 Å². The molecule has 0 spiro atoms. The van der Waals surface area contributed by atoms with Crippen molar-refractivity contribution in [2.24, 2.45) is 11.8 Å². The van der Waals surface area contributed by atoms with Crippen LogP contribution in [0.25, 0.3) is 0 Å². The average molecular weight is 447 g/mol. The van der Waals surface area contributed by atoms with E-state index in [0.29, 0.717) is 43.7 Å². The maximum absolute atomic E-state index is 13.0. The summed E-state index contributed by atoms with van der Waals surface area (Å²) in [4.78, 5) is 14.9. The van der Waals surface area contributed by atoms with Gasteiger partial charge in [-0.15, -0.1) is 0 Å². The normalized spacial score (nSPS) is 23.9. The molecule has 1 aliphatic heterocycles. The lowest BCUT2D eigenvalue weighted by Crippen LogP contribution is -2.47. The van der Waals surface area contributed by atoms with Crippen molar-refractivity contribution in [1.82, 2.24) is 5.32 Å². The van der Waals surface area contributed by atoms with E-state index in [4.69, 9.17) is 0 Å². The SMILES string of the molecule is CCS(=O)(=O)c1ccc(N2CCC(NC(=O)C3CCCC(C(F)(F)F)C3)CC2)cc1. The van der Waals surface area contributed by atoms with Crippen LogP contribution in [0.1, 0.15) is 45.4 Å². The van der Waals surface area contributed by atoms with Crippen LogP contribution in [0.4, 0.5) is 18.9 Å². The number of benzene rings is 1. The molecule has 0 aromatic heterocycles. The molecule has 1 amide bonds. The molecule has 1 saturated carbocycles. The van der Waals surface area contributed by atoms with E-state index in [1.807, 2.05) is 0 Å². The number of alkyl halides is 3. The Kier molecular flexibility index (Phi) is 6.99. The summed E-state index contributed by atoms with van der Waals surface area (Å²) in [6.45, 7) is 3.00. The molecule has 2 unspecified atom stereocenters. The summed E-state index contributed by atoms with van der Waals surface area (Å²) in [5.74, 6) is -2.13.